The van der Waals surface area contributed by atoms with Crippen LogP contribution in [0.2, 0.25) is 5.02 Å². The molecule has 5 rings (SSSR count). The van der Waals surface area contributed by atoms with E-state index in [0.29, 0.717) is 33.9 Å². The van der Waals surface area contributed by atoms with Crippen LogP contribution < -0.4 is 10.6 Å². The molecule has 3 aromatic carbocycles. The summed E-state index contributed by atoms with van der Waals surface area (Å²) in [5.41, 5.74) is 3.40. The maximum absolute atomic E-state index is 12.7. The van der Waals surface area contributed by atoms with Crippen molar-refractivity contribution >= 4 is 45.8 Å². The number of nitrogens with one attached hydrogen (secondary N) is 2. The van der Waals surface area contributed by atoms with Crippen LogP contribution in [0.4, 0.5) is 17.2 Å². The van der Waals surface area contributed by atoms with E-state index in [1.54, 1.807) is 18.2 Å². The van der Waals surface area contributed by atoms with E-state index in [2.05, 4.69) is 34.4 Å². The van der Waals surface area contributed by atoms with Gasteiger partial charge in [-0.3, -0.25) is 14.9 Å². The second-order valence-electron chi connectivity index (χ2n) is 9.33. The highest BCUT2D eigenvalue weighted by molar-refractivity contribution is 6.31. The van der Waals surface area contributed by atoms with Gasteiger partial charge in [0.15, 0.2) is 0 Å². The van der Waals surface area contributed by atoms with Crippen LogP contribution in [0.3, 0.4) is 0 Å². The number of non-ortho nitro benzene ring substituents is 1. The van der Waals surface area contributed by atoms with Gasteiger partial charge in [-0.05, 0) is 53.9 Å². The summed E-state index contributed by atoms with van der Waals surface area (Å²) in [7, 11) is 0. The Morgan fingerprint density at radius 1 is 1.03 bits per heavy atom. The van der Waals surface area contributed by atoms with E-state index < -0.39 is 10.8 Å². The number of nitro benzene ring substituents is 1. The quantitative estimate of drug-likeness (QED) is 0.154. The fraction of sp³-hybridized carbons (Fsp3) is 0.138. The summed E-state index contributed by atoms with van der Waals surface area (Å²) < 4.78 is 6.27. The highest BCUT2D eigenvalue weighted by atomic mass is 35.5. The number of aromatic nitrogens is 2. The average Bonchev–Trinajstić information content (AvgIpc) is 3.32. The van der Waals surface area contributed by atoms with Crippen molar-refractivity contribution in [1.82, 2.24) is 9.97 Å². The lowest BCUT2D eigenvalue weighted by Gasteiger charge is -2.10. The van der Waals surface area contributed by atoms with Crippen molar-refractivity contribution in [2.45, 2.75) is 13.8 Å². The molecule has 2 heterocycles. The van der Waals surface area contributed by atoms with E-state index in [4.69, 9.17) is 16.0 Å². The molecule has 0 unspecified atom stereocenters. The van der Waals surface area contributed by atoms with Gasteiger partial charge in [0.2, 0.25) is 5.71 Å². The van der Waals surface area contributed by atoms with Gasteiger partial charge in [-0.15, -0.1) is 0 Å². The van der Waals surface area contributed by atoms with E-state index >= 15 is 0 Å². The Bertz CT molecular complexity index is 1680. The molecule has 0 aliphatic rings. The molecule has 0 atom stereocenters. The van der Waals surface area contributed by atoms with Crippen molar-refractivity contribution in [2.24, 2.45) is 5.92 Å². The fourth-order valence-corrected chi connectivity index (χ4v) is 4.35. The lowest BCUT2D eigenvalue weighted by atomic mass is 9.99. The van der Waals surface area contributed by atoms with E-state index in [-0.39, 0.29) is 11.3 Å². The molecule has 5 aromatic rings. The average molecular weight is 542 g/mol. The fourth-order valence-electron chi connectivity index (χ4n) is 4.16. The van der Waals surface area contributed by atoms with Crippen LogP contribution in [0.25, 0.3) is 33.6 Å². The van der Waals surface area contributed by atoms with Gasteiger partial charge in [-0.25, -0.2) is 9.97 Å². The highest BCUT2D eigenvalue weighted by Gasteiger charge is 2.22. The molecule has 1 amide bonds. The number of furan rings is 1. The lowest BCUT2D eigenvalue weighted by Crippen LogP contribution is -2.11. The minimum Gasteiger partial charge on any atom is -0.437 e. The minimum absolute atomic E-state index is 0.151. The van der Waals surface area contributed by atoms with Gasteiger partial charge in [-0.2, -0.15) is 0 Å². The van der Waals surface area contributed by atoms with Crippen LogP contribution in [-0.4, -0.2) is 27.3 Å². The van der Waals surface area contributed by atoms with Gasteiger partial charge in [0.25, 0.3) is 11.6 Å². The number of hydrogen-bond acceptors (Lipinski definition) is 7. The molecule has 2 N–H and O–H groups in total. The normalized spacial score (nSPS) is 11.1. The van der Waals surface area contributed by atoms with Gasteiger partial charge in [0.1, 0.15) is 17.9 Å². The Morgan fingerprint density at radius 3 is 2.51 bits per heavy atom. The molecule has 39 heavy (non-hydrogen) atoms. The molecule has 0 saturated carbocycles. The van der Waals surface area contributed by atoms with Crippen molar-refractivity contribution in [3.05, 3.63) is 99.8 Å². The van der Waals surface area contributed by atoms with Crippen LogP contribution in [0.1, 0.15) is 24.2 Å². The second-order valence-corrected chi connectivity index (χ2v) is 9.77. The Labute approximate surface area is 229 Å². The van der Waals surface area contributed by atoms with Crippen molar-refractivity contribution in [1.29, 1.82) is 0 Å². The molecule has 0 fully saturated rings. The number of hydrogen-bond donors (Lipinski definition) is 2. The predicted octanol–water partition coefficient (Wildman–Crippen LogP) is 7.44. The third kappa shape index (κ3) is 5.58. The second kappa shape index (κ2) is 10.9. The largest absolute Gasteiger partial charge is 0.437 e. The van der Waals surface area contributed by atoms with Crippen LogP contribution in [0.5, 0.6) is 0 Å². The summed E-state index contributed by atoms with van der Waals surface area (Å²) in [6.07, 6.45) is 1.46. The number of benzene rings is 3. The summed E-state index contributed by atoms with van der Waals surface area (Å²) in [6, 6.07) is 20.2. The highest BCUT2D eigenvalue weighted by Crippen LogP contribution is 2.43. The summed E-state index contributed by atoms with van der Waals surface area (Å²) in [5.74, 6) is 1.20. The summed E-state index contributed by atoms with van der Waals surface area (Å²) >= 11 is 6.35. The van der Waals surface area contributed by atoms with E-state index in [1.807, 2.05) is 30.3 Å². The van der Waals surface area contributed by atoms with E-state index in [0.717, 1.165) is 28.6 Å². The maximum atomic E-state index is 12.7. The Kier molecular flexibility index (Phi) is 7.25. The van der Waals surface area contributed by atoms with Gasteiger partial charge < -0.3 is 15.1 Å². The molecular formula is C29H24ClN5O4. The first-order valence-electron chi connectivity index (χ1n) is 12.2. The lowest BCUT2D eigenvalue weighted by molar-refractivity contribution is -0.384. The first kappa shape index (κ1) is 25.9. The Morgan fingerprint density at radius 2 is 1.79 bits per heavy atom. The summed E-state index contributed by atoms with van der Waals surface area (Å²) in [5, 5.41) is 18.6. The maximum Gasteiger partial charge on any atom is 0.270 e. The van der Waals surface area contributed by atoms with Crippen LogP contribution in [0.15, 0.2) is 83.5 Å². The molecule has 9 nitrogen and oxygen atoms in total. The van der Waals surface area contributed by atoms with E-state index in [9.17, 15) is 14.9 Å². The zero-order chi connectivity index (χ0) is 27.5. The summed E-state index contributed by atoms with van der Waals surface area (Å²) in [4.78, 5) is 32.1. The molecule has 2 aromatic heterocycles. The molecular weight excluding hydrogens is 518 g/mol. The first-order valence-corrected chi connectivity index (χ1v) is 12.6. The number of nitro groups is 1. The molecule has 196 valence electrons. The standard InChI is InChI=1S/C29H24ClN5O4/c1-17(2)15-31-27-25-24(19-5-3-7-21(30)13-19)26(39-29(25)33-16-32-27)18-9-11-22(12-10-18)34-28(36)20-6-4-8-23(14-20)35(37)38/h3-14,16-17H,15H2,1-2H3,(H,34,36)(H,31,32,33). The van der Waals surface area contributed by atoms with Gasteiger partial charge >= 0.3 is 0 Å². The zero-order valence-corrected chi connectivity index (χ0v) is 21.9. The van der Waals surface area contributed by atoms with Crippen LogP contribution in [-0.2, 0) is 0 Å². The number of carbonyl (C=O) groups excluding carboxylic acids is 1. The van der Waals surface area contributed by atoms with E-state index in [1.165, 1.54) is 30.6 Å². The van der Waals surface area contributed by atoms with Crippen LogP contribution in [0, 0.1) is 16.0 Å². The predicted molar refractivity (Wildman–Crippen MR) is 152 cm³/mol. The van der Waals surface area contributed by atoms with Gasteiger partial charge in [0.05, 0.1) is 10.3 Å². The van der Waals surface area contributed by atoms with Crippen molar-refractivity contribution in [3.63, 3.8) is 0 Å². The molecule has 0 radical (unpaired) electrons. The van der Waals surface area contributed by atoms with Crippen molar-refractivity contribution < 1.29 is 14.1 Å². The van der Waals surface area contributed by atoms with Crippen LogP contribution >= 0.6 is 11.6 Å². The molecule has 10 heteroatoms. The number of carbonyl (C=O) groups is 1. The number of anilines is 2. The van der Waals surface area contributed by atoms with Crippen molar-refractivity contribution in [3.8, 4) is 22.5 Å². The number of halogens is 1. The smallest absolute Gasteiger partial charge is 0.270 e. The summed E-state index contributed by atoms with van der Waals surface area (Å²) in [6.45, 7) is 4.95. The Hall–Kier alpha value is -4.76. The third-order valence-electron chi connectivity index (χ3n) is 6.00. The zero-order valence-electron chi connectivity index (χ0n) is 21.1. The molecule has 0 saturated heterocycles. The van der Waals surface area contributed by atoms with Gasteiger partial charge in [0, 0.05) is 46.1 Å². The topological polar surface area (TPSA) is 123 Å². The van der Waals surface area contributed by atoms with Gasteiger partial charge in [-0.1, -0.05) is 43.6 Å². The molecule has 0 bridgehead atoms. The van der Waals surface area contributed by atoms with Crippen molar-refractivity contribution in [2.75, 3.05) is 17.2 Å². The molecule has 0 aliphatic carbocycles. The third-order valence-corrected chi connectivity index (χ3v) is 6.24. The first-order chi connectivity index (χ1) is 18.8. The SMILES string of the molecule is CC(C)CNc1ncnc2oc(-c3ccc(NC(=O)c4cccc([N+](=O)[O-])c4)cc3)c(-c3cccc(Cl)c3)c12. The minimum atomic E-state index is -0.537. The molecule has 0 spiro atoms. The number of nitrogens with zero attached hydrogens (tertiary/aromatic N) is 3. The Balaban J connectivity index is 1.52. The monoisotopic (exact) mass is 541 g/mol. The molecule has 0 aliphatic heterocycles. The number of amides is 1. The number of rotatable bonds is 8. The number of fused-ring (bicyclic) bond motifs is 1.